The quantitative estimate of drug-likeness (QED) is 0.735. The van der Waals surface area contributed by atoms with Gasteiger partial charge in [0.15, 0.2) is 0 Å². The van der Waals surface area contributed by atoms with E-state index < -0.39 is 11.8 Å². The Labute approximate surface area is 177 Å². The molecule has 0 bridgehead atoms. The Bertz CT molecular complexity index is 936. The largest absolute Gasteiger partial charge is 0.338 e. The summed E-state index contributed by atoms with van der Waals surface area (Å²) in [7, 11) is 0. The molecular weight excluding hydrogens is 378 g/mol. The normalized spacial score (nSPS) is 18.1. The van der Waals surface area contributed by atoms with Gasteiger partial charge in [-0.15, -0.1) is 0 Å². The van der Waals surface area contributed by atoms with E-state index in [0.717, 1.165) is 16.7 Å². The lowest BCUT2D eigenvalue weighted by molar-refractivity contribution is -0.158. The molecule has 2 saturated heterocycles. The molecule has 2 aromatic rings. The maximum absolute atomic E-state index is 12.8. The summed E-state index contributed by atoms with van der Waals surface area (Å²) < 4.78 is 0. The van der Waals surface area contributed by atoms with Gasteiger partial charge in [0.1, 0.15) is 0 Å². The number of piperazine rings is 1. The van der Waals surface area contributed by atoms with Crippen LogP contribution in [0.1, 0.15) is 34.3 Å². The minimum absolute atomic E-state index is 0.0150. The summed E-state index contributed by atoms with van der Waals surface area (Å²) in [5.74, 6) is -0.800. The predicted molar refractivity (Wildman–Crippen MR) is 114 cm³/mol. The maximum Gasteiger partial charge on any atom is 0.312 e. The molecule has 4 rings (SSSR count). The van der Waals surface area contributed by atoms with Gasteiger partial charge in [0.2, 0.25) is 0 Å². The number of nitrogens with zero attached hydrogens (tertiary/aromatic N) is 3. The van der Waals surface area contributed by atoms with E-state index >= 15 is 0 Å². The number of hydrogen-bond donors (Lipinski definition) is 0. The zero-order valence-corrected chi connectivity index (χ0v) is 17.3. The highest BCUT2D eigenvalue weighted by molar-refractivity contribution is 6.35. The van der Waals surface area contributed by atoms with Gasteiger partial charge in [-0.25, -0.2) is 0 Å². The molecule has 30 heavy (non-hydrogen) atoms. The summed E-state index contributed by atoms with van der Waals surface area (Å²) in [6.45, 7) is 4.70. The minimum Gasteiger partial charge on any atom is -0.338 e. The van der Waals surface area contributed by atoms with Gasteiger partial charge in [0.25, 0.3) is 5.91 Å². The molecular formula is C24H27N3O3. The van der Waals surface area contributed by atoms with Crippen molar-refractivity contribution in [2.45, 2.75) is 32.4 Å². The number of likely N-dealkylation sites (tertiary alicyclic amines) is 1. The van der Waals surface area contributed by atoms with Crippen molar-refractivity contribution in [2.24, 2.45) is 0 Å². The molecule has 0 unspecified atom stereocenters. The van der Waals surface area contributed by atoms with Crippen LogP contribution in [-0.4, -0.2) is 64.6 Å². The zero-order valence-electron chi connectivity index (χ0n) is 17.3. The molecule has 0 radical (unpaired) electrons. The van der Waals surface area contributed by atoms with E-state index in [1.54, 1.807) is 9.80 Å². The molecule has 2 aliphatic heterocycles. The average molecular weight is 405 g/mol. The number of hydrogen-bond acceptors (Lipinski definition) is 3. The van der Waals surface area contributed by atoms with E-state index in [1.165, 1.54) is 0 Å². The number of amides is 3. The van der Waals surface area contributed by atoms with Crippen molar-refractivity contribution < 1.29 is 14.4 Å². The third-order valence-corrected chi connectivity index (χ3v) is 6.13. The van der Waals surface area contributed by atoms with E-state index in [1.807, 2.05) is 66.4 Å². The van der Waals surface area contributed by atoms with Crippen LogP contribution < -0.4 is 0 Å². The van der Waals surface area contributed by atoms with Crippen molar-refractivity contribution in [3.8, 4) is 0 Å². The molecule has 6 heteroatoms. The SMILES string of the molecule is Cc1ccccc1C(=O)N1CCC(N2CCN(Cc3ccccc3)C(=O)C2=O)CC1. The molecule has 156 valence electrons. The average Bonchev–Trinajstić information content (AvgIpc) is 2.78. The van der Waals surface area contributed by atoms with E-state index in [-0.39, 0.29) is 11.9 Å². The van der Waals surface area contributed by atoms with Gasteiger partial charge in [-0.1, -0.05) is 48.5 Å². The van der Waals surface area contributed by atoms with Crippen LogP contribution in [0, 0.1) is 6.92 Å². The van der Waals surface area contributed by atoms with Crippen molar-refractivity contribution in [3.05, 3.63) is 71.3 Å². The standard InChI is InChI=1S/C24H27N3O3/c1-18-7-5-6-10-21(18)22(28)25-13-11-20(12-14-25)27-16-15-26(23(29)24(27)30)17-19-8-3-2-4-9-19/h2-10,20H,11-17H2,1H3. The summed E-state index contributed by atoms with van der Waals surface area (Å²) in [4.78, 5) is 43.4. The van der Waals surface area contributed by atoms with E-state index in [2.05, 4.69) is 0 Å². The smallest absolute Gasteiger partial charge is 0.312 e. The summed E-state index contributed by atoms with van der Waals surface area (Å²) in [6.07, 6.45) is 1.41. The fourth-order valence-corrected chi connectivity index (χ4v) is 4.36. The topological polar surface area (TPSA) is 60.9 Å². The van der Waals surface area contributed by atoms with Gasteiger partial charge in [0.05, 0.1) is 0 Å². The molecule has 3 amide bonds. The minimum atomic E-state index is -0.427. The first-order valence-corrected chi connectivity index (χ1v) is 10.5. The Morgan fingerprint density at radius 3 is 2.23 bits per heavy atom. The lowest BCUT2D eigenvalue weighted by Crippen LogP contribution is -2.59. The van der Waals surface area contributed by atoms with Crippen LogP contribution in [0.25, 0.3) is 0 Å². The Balaban J connectivity index is 1.34. The highest BCUT2D eigenvalue weighted by Crippen LogP contribution is 2.22. The molecule has 2 aliphatic rings. The molecule has 0 N–H and O–H groups in total. The zero-order chi connectivity index (χ0) is 21.1. The molecule has 0 saturated carbocycles. The lowest BCUT2D eigenvalue weighted by atomic mass is 10.00. The van der Waals surface area contributed by atoms with Crippen molar-refractivity contribution in [3.63, 3.8) is 0 Å². The third-order valence-electron chi connectivity index (χ3n) is 6.13. The van der Waals surface area contributed by atoms with E-state index in [4.69, 9.17) is 0 Å². The number of piperidine rings is 1. The molecule has 2 heterocycles. The Kier molecular flexibility index (Phi) is 5.84. The highest BCUT2D eigenvalue weighted by Gasteiger charge is 2.38. The predicted octanol–water partition coefficient (Wildman–Crippen LogP) is 2.47. The first kappa shape index (κ1) is 20.1. The summed E-state index contributed by atoms with van der Waals surface area (Å²) >= 11 is 0. The van der Waals surface area contributed by atoms with Crippen molar-refractivity contribution >= 4 is 17.7 Å². The molecule has 2 fully saturated rings. The third kappa shape index (κ3) is 4.08. The van der Waals surface area contributed by atoms with Crippen molar-refractivity contribution in [1.29, 1.82) is 0 Å². The number of carbonyl (C=O) groups is 3. The summed E-state index contributed by atoms with van der Waals surface area (Å²) in [5, 5.41) is 0. The van der Waals surface area contributed by atoms with Crippen LogP contribution in [0.5, 0.6) is 0 Å². The second-order valence-electron chi connectivity index (χ2n) is 8.05. The van der Waals surface area contributed by atoms with Crippen LogP contribution in [0.15, 0.2) is 54.6 Å². The maximum atomic E-state index is 12.8. The summed E-state index contributed by atoms with van der Waals surface area (Å²) in [6, 6.07) is 17.4. The molecule has 0 aliphatic carbocycles. The van der Waals surface area contributed by atoms with E-state index in [9.17, 15) is 14.4 Å². The highest BCUT2D eigenvalue weighted by atomic mass is 16.2. The molecule has 2 aromatic carbocycles. The van der Waals surface area contributed by atoms with Crippen LogP contribution in [-0.2, 0) is 16.1 Å². The van der Waals surface area contributed by atoms with Gasteiger partial charge in [-0.2, -0.15) is 0 Å². The number of aryl methyl sites for hydroxylation is 1. The van der Waals surface area contributed by atoms with Gasteiger partial charge in [-0.05, 0) is 37.0 Å². The fraction of sp³-hybridized carbons (Fsp3) is 0.375. The summed E-state index contributed by atoms with van der Waals surface area (Å²) in [5.41, 5.74) is 2.73. The Morgan fingerprint density at radius 1 is 0.867 bits per heavy atom. The molecule has 0 atom stereocenters. The first-order valence-electron chi connectivity index (χ1n) is 10.5. The second-order valence-corrected chi connectivity index (χ2v) is 8.05. The lowest BCUT2D eigenvalue weighted by Gasteiger charge is -2.42. The van der Waals surface area contributed by atoms with Gasteiger partial charge in [-0.3, -0.25) is 14.4 Å². The first-order chi connectivity index (χ1) is 14.5. The Morgan fingerprint density at radius 2 is 1.53 bits per heavy atom. The van der Waals surface area contributed by atoms with Crippen LogP contribution in [0.4, 0.5) is 0 Å². The monoisotopic (exact) mass is 405 g/mol. The number of rotatable bonds is 4. The van der Waals surface area contributed by atoms with Gasteiger partial charge < -0.3 is 14.7 Å². The van der Waals surface area contributed by atoms with E-state index in [0.29, 0.717) is 45.6 Å². The molecule has 0 spiro atoms. The number of carbonyl (C=O) groups excluding carboxylic acids is 3. The van der Waals surface area contributed by atoms with Crippen LogP contribution in [0.2, 0.25) is 0 Å². The Hall–Kier alpha value is -3.15. The molecule has 6 nitrogen and oxygen atoms in total. The second kappa shape index (κ2) is 8.69. The van der Waals surface area contributed by atoms with Crippen molar-refractivity contribution in [1.82, 2.24) is 14.7 Å². The van der Waals surface area contributed by atoms with Crippen LogP contribution >= 0.6 is 0 Å². The number of benzene rings is 2. The van der Waals surface area contributed by atoms with Gasteiger partial charge >= 0.3 is 11.8 Å². The van der Waals surface area contributed by atoms with Gasteiger partial charge in [0, 0.05) is 44.3 Å². The van der Waals surface area contributed by atoms with Crippen molar-refractivity contribution in [2.75, 3.05) is 26.2 Å². The van der Waals surface area contributed by atoms with Crippen LogP contribution in [0.3, 0.4) is 0 Å². The fourth-order valence-electron chi connectivity index (χ4n) is 4.36. The molecule has 0 aromatic heterocycles.